The Bertz CT molecular complexity index is 789. The SMILES string of the molecule is COc1ccc(N2CCN(CCCC3OC(=O)c4ccccc43)CC2)cc1.Cl. The Kier molecular flexibility index (Phi) is 6.81. The molecule has 28 heavy (non-hydrogen) atoms. The first-order valence-corrected chi connectivity index (χ1v) is 9.66. The molecule has 2 aromatic rings. The van der Waals surface area contributed by atoms with Crippen LogP contribution in [-0.4, -0.2) is 50.7 Å². The molecule has 2 heterocycles. The van der Waals surface area contributed by atoms with Crippen molar-refractivity contribution in [1.82, 2.24) is 4.90 Å². The lowest BCUT2D eigenvalue weighted by atomic mass is 10.0. The molecule has 1 saturated heterocycles. The molecule has 5 nitrogen and oxygen atoms in total. The molecule has 2 aliphatic heterocycles. The lowest BCUT2D eigenvalue weighted by molar-refractivity contribution is 0.0358. The van der Waals surface area contributed by atoms with Crippen molar-refractivity contribution >= 4 is 24.1 Å². The standard InChI is InChI=1S/C22H26N2O3.ClH/c1-26-18-10-8-17(9-11-18)24-15-13-23(14-16-24)12-4-7-21-19-5-2-3-6-20(19)22(25)27-21;/h2-3,5-6,8-11,21H,4,7,12-16H2,1H3;1H. The highest BCUT2D eigenvalue weighted by Gasteiger charge is 2.30. The van der Waals surface area contributed by atoms with Crippen LogP contribution >= 0.6 is 12.4 Å². The first kappa shape index (κ1) is 20.5. The molecule has 0 amide bonds. The fourth-order valence-electron chi connectivity index (χ4n) is 3.96. The highest BCUT2D eigenvalue weighted by Crippen LogP contribution is 2.33. The molecule has 150 valence electrons. The summed E-state index contributed by atoms with van der Waals surface area (Å²) in [5, 5.41) is 0. The molecular formula is C22H27ClN2O3. The van der Waals surface area contributed by atoms with Crippen LogP contribution in [0.15, 0.2) is 48.5 Å². The van der Waals surface area contributed by atoms with Crippen molar-refractivity contribution < 1.29 is 14.3 Å². The van der Waals surface area contributed by atoms with E-state index in [1.54, 1.807) is 7.11 Å². The van der Waals surface area contributed by atoms with Gasteiger partial charge >= 0.3 is 5.97 Å². The molecule has 0 N–H and O–H groups in total. The van der Waals surface area contributed by atoms with Gasteiger partial charge in [0, 0.05) is 37.4 Å². The number of cyclic esters (lactones) is 1. The maximum absolute atomic E-state index is 11.9. The Hall–Kier alpha value is -2.24. The van der Waals surface area contributed by atoms with Gasteiger partial charge in [-0.2, -0.15) is 0 Å². The van der Waals surface area contributed by atoms with E-state index in [0.717, 1.165) is 62.4 Å². The van der Waals surface area contributed by atoms with Crippen molar-refractivity contribution in [2.24, 2.45) is 0 Å². The minimum Gasteiger partial charge on any atom is -0.497 e. The zero-order valence-electron chi connectivity index (χ0n) is 16.2. The normalized spacial score (nSPS) is 19.0. The molecule has 2 aromatic carbocycles. The minimum absolute atomic E-state index is 0. The summed E-state index contributed by atoms with van der Waals surface area (Å²) < 4.78 is 10.8. The van der Waals surface area contributed by atoms with Gasteiger partial charge in [0.15, 0.2) is 0 Å². The van der Waals surface area contributed by atoms with Gasteiger partial charge in [0.05, 0.1) is 12.7 Å². The fourth-order valence-corrected chi connectivity index (χ4v) is 3.96. The van der Waals surface area contributed by atoms with Crippen LogP contribution < -0.4 is 9.64 Å². The highest BCUT2D eigenvalue weighted by atomic mass is 35.5. The second kappa shape index (κ2) is 9.30. The molecule has 2 aliphatic rings. The highest BCUT2D eigenvalue weighted by molar-refractivity contribution is 5.93. The smallest absolute Gasteiger partial charge is 0.339 e. The van der Waals surface area contributed by atoms with Crippen LogP contribution in [0.4, 0.5) is 5.69 Å². The molecule has 1 fully saturated rings. The summed E-state index contributed by atoms with van der Waals surface area (Å²) in [5.74, 6) is 0.718. The van der Waals surface area contributed by atoms with E-state index in [0.29, 0.717) is 0 Å². The van der Waals surface area contributed by atoms with E-state index in [1.807, 2.05) is 36.4 Å². The van der Waals surface area contributed by atoms with Crippen LogP contribution in [0.25, 0.3) is 0 Å². The summed E-state index contributed by atoms with van der Waals surface area (Å²) in [4.78, 5) is 16.8. The summed E-state index contributed by atoms with van der Waals surface area (Å²) in [5.41, 5.74) is 3.03. The number of esters is 1. The number of nitrogens with zero attached hydrogens (tertiary/aromatic N) is 2. The molecule has 6 heteroatoms. The largest absolute Gasteiger partial charge is 0.497 e. The first-order valence-electron chi connectivity index (χ1n) is 9.66. The number of fused-ring (bicyclic) bond motifs is 1. The van der Waals surface area contributed by atoms with Gasteiger partial charge in [-0.3, -0.25) is 4.90 Å². The van der Waals surface area contributed by atoms with Crippen LogP contribution in [0.1, 0.15) is 34.9 Å². The molecule has 1 unspecified atom stereocenters. The minimum atomic E-state index is -0.177. The van der Waals surface area contributed by atoms with Gasteiger partial charge in [-0.05, 0) is 49.7 Å². The summed E-state index contributed by atoms with van der Waals surface area (Å²) in [6, 6.07) is 16.0. The number of halogens is 1. The molecule has 0 aromatic heterocycles. The number of hydrogen-bond acceptors (Lipinski definition) is 5. The van der Waals surface area contributed by atoms with E-state index >= 15 is 0 Å². The number of carbonyl (C=O) groups excluding carboxylic acids is 1. The van der Waals surface area contributed by atoms with Gasteiger partial charge in [-0.1, -0.05) is 18.2 Å². The number of piperazine rings is 1. The Labute approximate surface area is 172 Å². The number of carbonyl (C=O) groups is 1. The summed E-state index contributed by atoms with van der Waals surface area (Å²) in [6.45, 7) is 5.24. The number of methoxy groups -OCH3 is 1. The Morgan fingerprint density at radius 3 is 2.46 bits per heavy atom. The van der Waals surface area contributed by atoms with Crippen molar-refractivity contribution in [2.75, 3.05) is 44.7 Å². The second-order valence-electron chi connectivity index (χ2n) is 7.15. The van der Waals surface area contributed by atoms with E-state index in [4.69, 9.17) is 9.47 Å². The lowest BCUT2D eigenvalue weighted by Crippen LogP contribution is -2.46. The van der Waals surface area contributed by atoms with Crippen molar-refractivity contribution in [3.63, 3.8) is 0 Å². The fraction of sp³-hybridized carbons (Fsp3) is 0.409. The maximum Gasteiger partial charge on any atom is 0.339 e. The van der Waals surface area contributed by atoms with Crippen molar-refractivity contribution in [3.05, 3.63) is 59.7 Å². The third-order valence-corrected chi connectivity index (χ3v) is 5.53. The van der Waals surface area contributed by atoms with Crippen molar-refractivity contribution in [1.29, 1.82) is 0 Å². The zero-order chi connectivity index (χ0) is 18.6. The summed E-state index contributed by atoms with van der Waals surface area (Å²) in [7, 11) is 1.69. The molecule has 4 rings (SSSR count). The van der Waals surface area contributed by atoms with Gasteiger partial charge in [-0.15, -0.1) is 12.4 Å². The van der Waals surface area contributed by atoms with Crippen LogP contribution in [0.5, 0.6) is 5.75 Å². The third-order valence-electron chi connectivity index (χ3n) is 5.53. The molecule has 1 atom stereocenters. The first-order chi connectivity index (χ1) is 13.2. The zero-order valence-corrected chi connectivity index (χ0v) is 17.0. The summed E-state index contributed by atoms with van der Waals surface area (Å²) in [6.07, 6.45) is 1.85. The molecule has 0 bridgehead atoms. The van der Waals surface area contributed by atoms with Gasteiger partial charge in [-0.25, -0.2) is 4.79 Å². The quantitative estimate of drug-likeness (QED) is 0.685. The van der Waals surface area contributed by atoms with E-state index in [9.17, 15) is 4.79 Å². The third kappa shape index (κ3) is 4.42. The maximum atomic E-state index is 11.9. The van der Waals surface area contributed by atoms with Gasteiger partial charge < -0.3 is 14.4 Å². The number of anilines is 1. The average molecular weight is 403 g/mol. The Morgan fingerprint density at radius 1 is 1.04 bits per heavy atom. The van der Waals surface area contributed by atoms with Gasteiger partial charge in [0.25, 0.3) is 0 Å². The van der Waals surface area contributed by atoms with E-state index in [2.05, 4.69) is 21.9 Å². The molecular weight excluding hydrogens is 376 g/mol. The molecule has 0 radical (unpaired) electrons. The predicted molar refractivity (Wildman–Crippen MR) is 113 cm³/mol. The van der Waals surface area contributed by atoms with Gasteiger partial charge in [0.2, 0.25) is 0 Å². The Morgan fingerprint density at radius 2 is 1.75 bits per heavy atom. The second-order valence-corrected chi connectivity index (χ2v) is 7.15. The number of rotatable bonds is 6. The van der Waals surface area contributed by atoms with Crippen molar-refractivity contribution in [2.45, 2.75) is 18.9 Å². The number of ether oxygens (including phenoxy) is 2. The monoisotopic (exact) mass is 402 g/mol. The molecule has 0 spiro atoms. The molecule has 0 aliphatic carbocycles. The van der Waals surface area contributed by atoms with E-state index in [-0.39, 0.29) is 24.5 Å². The van der Waals surface area contributed by atoms with Crippen LogP contribution in [0.2, 0.25) is 0 Å². The van der Waals surface area contributed by atoms with Crippen LogP contribution in [-0.2, 0) is 4.74 Å². The molecule has 0 saturated carbocycles. The number of benzene rings is 2. The van der Waals surface area contributed by atoms with E-state index < -0.39 is 0 Å². The van der Waals surface area contributed by atoms with Crippen LogP contribution in [0, 0.1) is 0 Å². The van der Waals surface area contributed by atoms with Crippen molar-refractivity contribution in [3.8, 4) is 5.75 Å². The Balaban J connectivity index is 0.00000225. The predicted octanol–water partition coefficient (Wildman–Crippen LogP) is 3.93. The topological polar surface area (TPSA) is 42.0 Å². The van der Waals surface area contributed by atoms with Gasteiger partial charge in [0.1, 0.15) is 11.9 Å². The average Bonchev–Trinajstić information content (AvgIpc) is 3.05. The van der Waals surface area contributed by atoms with E-state index in [1.165, 1.54) is 5.69 Å². The number of hydrogen-bond donors (Lipinski definition) is 0. The van der Waals surface area contributed by atoms with Crippen LogP contribution in [0.3, 0.4) is 0 Å². The lowest BCUT2D eigenvalue weighted by Gasteiger charge is -2.36. The summed E-state index contributed by atoms with van der Waals surface area (Å²) >= 11 is 0.